The summed E-state index contributed by atoms with van der Waals surface area (Å²) < 4.78 is 28.0. The number of benzene rings is 1. The Morgan fingerprint density at radius 3 is 2.43 bits per heavy atom. The molecule has 0 radical (unpaired) electrons. The van der Waals surface area contributed by atoms with Gasteiger partial charge in [-0.2, -0.15) is 0 Å². The van der Waals surface area contributed by atoms with E-state index in [4.69, 9.17) is 0 Å². The van der Waals surface area contributed by atoms with E-state index in [1.54, 1.807) is 6.92 Å². The van der Waals surface area contributed by atoms with Crippen molar-refractivity contribution < 1.29 is 13.6 Å². The second-order valence-electron chi connectivity index (χ2n) is 4.02. The molecule has 1 heterocycles. The van der Waals surface area contributed by atoms with Gasteiger partial charge in [-0.05, 0) is 35.0 Å². The number of rotatable bonds is 4. The zero-order valence-electron chi connectivity index (χ0n) is 11.0. The minimum Gasteiger partial charge on any atom is -0.381 e. The highest BCUT2D eigenvalue weighted by atomic mass is 79.9. The molecule has 0 fully saturated rings. The number of hydrogen-bond donors (Lipinski definition) is 2. The Balaban J connectivity index is 2.21. The largest absolute Gasteiger partial charge is 0.381 e. The molecule has 0 saturated heterocycles. The smallest absolute Gasteiger partial charge is 0.257 e. The monoisotopic (exact) mass is 356 g/mol. The number of nitrogens with zero attached hydrogens (tertiary/aromatic N) is 2. The van der Waals surface area contributed by atoms with Crippen LogP contribution < -0.4 is 10.6 Å². The van der Waals surface area contributed by atoms with Gasteiger partial charge in [-0.3, -0.25) is 4.79 Å². The Labute approximate surface area is 127 Å². The van der Waals surface area contributed by atoms with Crippen LogP contribution in [0.3, 0.4) is 0 Å². The highest BCUT2D eigenvalue weighted by molar-refractivity contribution is 9.10. The topological polar surface area (TPSA) is 66.9 Å². The van der Waals surface area contributed by atoms with Crippen LogP contribution in [0.1, 0.15) is 17.3 Å². The zero-order valence-corrected chi connectivity index (χ0v) is 12.5. The van der Waals surface area contributed by atoms with E-state index in [2.05, 4.69) is 36.5 Å². The third-order valence-electron chi connectivity index (χ3n) is 2.52. The predicted molar refractivity (Wildman–Crippen MR) is 78.2 cm³/mol. The van der Waals surface area contributed by atoms with E-state index in [-0.39, 0.29) is 17.1 Å². The highest BCUT2D eigenvalue weighted by Crippen LogP contribution is 2.21. The first-order chi connectivity index (χ1) is 10.0. The van der Waals surface area contributed by atoms with Crippen LogP contribution in [0.25, 0.3) is 0 Å². The third kappa shape index (κ3) is 3.72. The lowest BCUT2D eigenvalue weighted by Crippen LogP contribution is -2.14. The van der Waals surface area contributed by atoms with Gasteiger partial charge in [0.05, 0.1) is 12.4 Å². The van der Waals surface area contributed by atoms with E-state index in [0.717, 1.165) is 12.1 Å². The Hall–Kier alpha value is -2.09. The van der Waals surface area contributed by atoms with E-state index in [1.807, 2.05) is 0 Å². The molecule has 5 nitrogen and oxygen atoms in total. The van der Waals surface area contributed by atoms with Crippen molar-refractivity contribution >= 4 is 33.3 Å². The second kappa shape index (κ2) is 6.57. The number of hydrogen-bond acceptors (Lipinski definition) is 4. The number of aromatic nitrogens is 2. The van der Waals surface area contributed by atoms with Crippen LogP contribution in [0.5, 0.6) is 0 Å². The van der Waals surface area contributed by atoms with E-state index in [9.17, 15) is 13.6 Å². The normalized spacial score (nSPS) is 10.3. The molecule has 0 aliphatic rings. The van der Waals surface area contributed by atoms with Crippen LogP contribution in [0.15, 0.2) is 29.1 Å². The maximum atomic E-state index is 13.7. The van der Waals surface area contributed by atoms with E-state index >= 15 is 0 Å². The van der Waals surface area contributed by atoms with Crippen LogP contribution in [-0.4, -0.2) is 22.4 Å². The molecule has 2 aromatic rings. The fourth-order valence-electron chi connectivity index (χ4n) is 1.62. The van der Waals surface area contributed by atoms with Gasteiger partial charge < -0.3 is 10.6 Å². The van der Waals surface area contributed by atoms with Gasteiger partial charge in [-0.25, -0.2) is 18.7 Å². The summed E-state index contributed by atoms with van der Waals surface area (Å²) in [6, 6.07) is 1.92. The summed E-state index contributed by atoms with van der Waals surface area (Å²) in [6.45, 7) is 2.08. The van der Waals surface area contributed by atoms with Crippen LogP contribution in [0.2, 0.25) is 0 Å². The van der Waals surface area contributed by atoms with Crippen molar-refractivity contribution in [3.8, 4) is 0 Å². The summed E-state index contributed by atoms with van der Waals surface area (Å²) in [6.07, 6.45) is 2.72. The number of carbonyl (C=O) groups excluding carboxylic acids is 1. The number of amides is 1. The Bertz CT molecular complexity index is 641. The van der Waals surface area contributed by atoms with Gasteiger partial charge in [-0.15, -0.1) is 0 Å². The molecule has 110 valence electrons. The van der Waals surface area contributed by atoms with Crippen molar-refractivity contribution in [1.29, 1.82) is 0 Å². The minimum atomic E-state index is -0.830. The average molecular weight is 357 g/mol. The molecule has 0 aliphatic carbocycles. The first-order valence-corrected chi connectivity index (χ1v) is 6.82. The molecule has 2 rings (SSSR count). The van der Waals surface area contributed by atoms with E-state index in [0.29, 0.717) is 11.1 Å². The van der Waals surface area contributed by atoms with Crippen LogP contribution in [0, 0.1) is 11.6 Å². The average Bonchev–Trinajstić information content (AvgIpc) is 2.45. The van der Waals surface area contributed by atoms with Gasteiger partial charge in [-0.1, -0.05) is 0 Å². The van der Waals surface area contributed by atoms with Gasteiger partial charge in [0, 0.05) is 12.1 Å². The number of nitrogens with one attached hydrogen (secondary N) is 2. The summed E-state index contributed by atoms with van der Waals surface area (Å²) in [7, 11) is 0. The Kier molecular flexibility index (Phi) is 4.79. The van der Waals surface area contributed by atoms with Crippen molar-refractivity contribution in [3.63, 3.8) is 0 Å². The van der Waals surface area contributed by atoms with Gasteiger partial charge in [0.15, 0.2) is 5.82 Å². The van der Waals surface area contributed by atoms with Gasteiger partial charge >= 0.3 is 0 Å². The molecular formula is C13H11BrF2N4O. The molecule has 0 spiro atoms. The molecule has 0 saturated carbocycles. The first kappa shape index (κ1) is 15.3. The molecule has 21 heavy (non-hydrogen) atoms. The summed E-state index contributed by atoms with van der Waals surface area (Å²) in [5.41, 5.74) is -0.395. The molecule has 8 heteroatoms. The van der Waals surface area contributed by atoms with Crippen molar-refractivity contribution in [3.05, 3.63) is 46.3 Å². The minimum absolute atomic E-state index is 0.142. The molecule has 0 bridgehead atoms. The fraction of sp³-hybridized carbons (Fsp3) is 0.154. The molecule has 0 unspecified atom stereocenters. The summed E-state index contributed by atoms with van der Waals surface area (Å²) in [4.78, 5) is 19.7. The Morgan fingerprint density at radius 2 is 1.90 bits per heavy atom. The van der Waals surface area contributed by atoms with Crippen molar-refractivity contribution in [1.82, 2.24) is 9.97 Å². The quantitative estimate of drug-likeness (QED) is 0.882. The maximum Gasteiger partial charge on any atom is 0.257 e. The molecule has 0 atom stereocenters. The van der Waals surface area contributed by atoms with Crippen molar-refractivity contribution in [2.45, 2.75) is 6.92 Å². The van der Waals surface area contributed by atoms with E-state index in [1.165, 1.54) is 12.4 Å². The SMILES string of the molecule is CCNc1c(F)cc(C(=O)Nc2cnc(Br)cn2)cc1F. The first-order valence-electron chi connectivity index (χ1n) is 6.03. The second-order valence-corrected chi connectivity index (χ2v) is 4.84. The predicted octanol–water partition coefficient (Wildman–Crippen LogP) is 3.20. The highest BCUT2D eigenvalue weighted by Gasteiger charge is 2.15. The number of halogens is 3. The summed E-state index contributed by atoms with van der Waals surface area (Å²) in [5.74, 6) is -2.15. The molecule has 1 aromatic carbocycles. The fourth-order valence-corrected chi connectivity index (χ4v) is 1.82. The zero-order chi connectivity index (χ0) is 15.4. The van der Waals surface area contributed by atoms with Gasteiger partial charge in [0.2, 0.25) is 0 Å². The molecule has 1 aromatic heterocycles. The molecule has 2 N–H and O–H groups in total. The molecular weight excluding hydrogens is 346 g/mol. The number of anilines is 2. The van der Waals surface area contributed by atoms with Crippen LogP contribution in [0.4, 0.5) is 20.3 Å². The lowest BCUT2D eigenvalue weighted by molar-refractivity contribution is 0.102. The van der Waals surface area contributed by atoms with Gasteiger partial charge in [0.1, 0.15) is 21.9 Å². The van der Waals surface area contributed by atoms with Crippen molar-refractivity contribution in [2.24, 2.45) is 0 Å². The summed E-state index contributed by atoms with van der Waals surface area (Å²) >= 11 is 3.11. The molecule has 1 amide bonds. The van der Waals surface area contributed by atoms with Crippen LogP contribution >= 0.6 is 15.9 Å². The lowest BCUT2D eigenvalue weighted by atomic mass is 10.1. The maximum absolute atomic E-state index is 13.7. The van der Waals surface area contributed by atoms with Crippen molar-refractivity contribution in [2.75, 3.05) is 17.2 Å². The lowest BCUT2D eigenvalue weighted by Gasteiger charge is -2.09. The van der Waals surface area contributed by atoms with E-state index < -0.39 is 17.5 Å². The Morgan fingerprint density at radius 1 is 1.24 bits per heavy atom. The third-order valence-corrected chi connectivity index (χ3v) is 2.93. The van der Waals surface area contributed by atoms with Gasteiger partial charge in [0.25, 0.3) is 5.91 Å². The summed E-state index contributed by atoms with van der Waals surface area (Å²) in [5, 5.41) is 4.96. The van der Waals surface area contributed by atoms with Crippen LogP contribution in [-0.2, 0) is 0 Å². The number of carbonyl (C=O) groups is 1. The standard InChI is InChI=1S/C13H11BrF2N4O/c1-2-17-12-8(15)3-7(4-9(12)16)13(21)20-11-6-18-10(14)5-19-11/h3-6,17H,2H2,1H3,(H,19,20,21). The molecule has 0 aliphatic heterocycles.